The van der Waals surface area contributed by atoms with Crippen LogP contribution in [0.5, 0.6) is 0 Å². The molecule has 1 heterocycles. The van der Waals surface area contributed by atoms with Crippen LogP contribution in [0, 0.1) is 52.3 Å². The van der Waals surface area contributed by atoms with Crippen molar-refractivity contribution >= 4 is 5.97 Å². The Bertz CT molecular complexity index is 1150. The molecule has 1 N–H and O–H groups in total. The summed E-state index contributed by atoms with van der Waals surface area (Å²) in [5.74, 6) is 2.83. The highest BCUT2D eigenvalue weighted by Gasteiger charge is 2.65. The Morgan fingerprint density at radius 2 is 1.64 bits per heavy atom. The van der Waals surface area contributed by atoms with E-state index >= 15 is 0 Å². The Kier molecular flexibility index (Phi) is 8.97. The molecule has 1 aromatic carbocycles. The van der Waals surface area contributed by atoms with Gasteiger partial charge in [-0.25, -0.2) is 4.79 Å². The first-order valence-corrected chi connectivity index (χ1v) is 17.5. The Morgan fingerprint density at radius 3 is 2.34 bits per heavy atom. The molecule has 0 amide bonds. The average molecular weight is 619 g/mol. The van der Waals surface area contributed by atoms with Crippen molar-refractivity contribution in [3.05, 3.63) is 35.9 Å². The van der Waals surface area contributed by atoms with Crippen LogP contribution in [-0.4, -0.2) is 42.2 Å². The molecule has 1 saturated heterocycles. The van der Waals surface area contributed by atoms with Gasteiger partial charge in [-0.1, -0.05) is 39.0 Å². The van der Waals surface area contributed by atoms with E-state index in [0.717, 1.165) is 64.6 Å². The number of aliphatic hydroxyl groups is 1. The van der Waals surface area contributed by atoms with E-state index in [1.807, 2.05) is 30.3 Å². The number of ether oxygens (including phenoxy) is 2. The van der Waals surface area contributed by atoms with Crippen molar-refractivity contribution in [1.29, 1.82) is 0 Å². The van der Waals surface area contributed by atoms with Gasteiger partial charge in [0.25, 0.3) is 0 Å². The topological polar surface area (TPSA) is 55.8 Å². The van der Waals surface area contributed by atoms with Crippen molar-refractivity contribution in [3.8, 4) is 0 Å². The van der Waals surface area contributed by atoms with Crippen molar-refractivity contribution in [1.82, 2.24) is 0 Å². The van der Waals surface area contributed by atoms with E-state index < -0.39 is 11.8 Å². The van der Waals surface area contributed by atoms with Crippen molar-refractivity contribution in [2.75, 3.05) is 13.2 Å². The Labute approximate surface area is 261 Å². The lowest BCUT2D eigenvalue weighted by molar-refractivity contribution is -0.290. The van der Waals surface area contributed by atoms with Crippen molar-refractivity contribution in [2.45, 2.75) is 122 Å². The third-order valence-corrected chi connectivity index (χ3v) is 14.0. The molecule has 1 aliphatic heterocycles. The van der Waals surface area contributed by atoms with E-state index in [9.17, 15) is 23.1 Å². The molecule has 5 aliphatic rings. The number of benzene rings is 1. The van der Waals surface area contributed by atoms with Crippen LogP contribution in [0.25, 0.3) is 0 Å². The molecule has 4 aliphatic carbocycles. The number of halogens is 3. The summed E-state index contributed by atoms with van der Waals surface area (Å²) in [7, 11) is 0. The quantitative estimate of drug-likeness (QED) is 0.310. The van der Waals surface area contributed by atoms with Gasteiger partial charge in [-0.2, -0.15) is 13.2 Å². The van der Waals surface area contributed by atoms with E-state index in [1.165, 1.54) is 12.8 Å². The smallest absolute Gasteiger partial charge is 0.417 e. The first-order valence-electron chi connectivity index (χ1n) is 17.5. The summed E-state index contributed by atoms with van der Waals surface area (Å²) in [5.41, 5.74) is -1.77. The van der Waals surface area contributed by atoms with E-state index in [0.29, 0.717) is 47.5 Å². The number of fused-ring (bicyclic) bond motifs is 5. The largest absolute Gasteiger partial charge is 0.458 e. The monoisotopic (exact) mass is 618 g/mol. The highest BCUT2D eigenvalue weighted by Crippen LogP contribution is 2.69. The van der Waals surface area contributed by atoms with Crippen LogP contribution in [0.15, 0.2) is 30.3 Å². The minimum atomic E-state index is -4.55. The fourth-order valence-corrected chi connectivity index (χ4v) is 11.4. The number of hydrogen-bond acceptors (Lipinski definition) is 4. The summed E-state index contributed by atoms with van der Waals surface area (Å²) < 4.78 is 53.1. The van der Waals surface area contributed by atoms with Gasteiger partial charge in [0.15, 0.2) is 5.60 Å². The number of carbonyl (C=O) groups is 1. The fourth-order valence-electron chi connectivity index (χ4n) is 11.4. The van der Waals surface area contributed by atoms with Gasteiger partial charge in [-0.3, -0.25) is 0 Å². The van der Waals surface area contributed by atoms with Gasteiger partial charge >= 0.3 is 12.1 Å². The third kappa shape index (κ3) is 5.75. The lowest BCUT2D eigenvalue weighted by Crippen LogP contribution is -2.59. The Hall–Kier alpha value is -1.60. The molecule has 0 spiro atoms. The van der Waals surface area contributed by atoms with Crippen molar-refractivity contribution in [2.24, 2.45) is 52.3 Å². The Balaban J connectivity index is 1.11. The van der Waals surface area contributed by atoms with Gasteiger partial charge in [-0.05, 0) is 142 Å². The van der Waals surface area contributed by atoms with Crippen LogP contribution >= 0.6 is 0 Å². The second-order valence-corrected chi connectivity index (χ2v) is 15.9. The molecule has 6 rings (SSSR count). The number of alkyl halides is 3. The average Bonchev–Trinajstić information content (AvgIpc) is 3.37. The zero-order valence-electron chi connectivity index (χ0n) is 26.9. The van der Waals surface area contributed by atoms with E-state index in [-0.39, 0.29) is 41.7 Å². The SMILES string of the molecule is C[C@H](CC[C@@H](OC(=O)c1ccccc1)C1CCOCC1)[C@H]1CC[C@H]2[C@@H]3CC[C@H]4C[C@](O)(C(F)(F)F)CC[C@]4(C)[C@H]3CC[C@]12C. The maximum Gasteiger partial charge on any atom is 0.417 e. The van der Waals surface area contributed by atoms with Crippen molar-refractivity contribution < 1.29 is 32.5 Å². The van der Waals surface area contributed by atoms with Crippen LogP contribution in [0.3, 0.4) is 0 Å². The summed E-state index contributed by atoms with van der Waals surface area (Å²) in [5, 5.41) is 10.6. The highest BCUT2D eigenvalue weighted by molar-refractivity contribution is 5.89. The fraction of sp³-hybridized carbons (Fsp3) is 0.811. The van der Waals surface area contributed by atoms with Gasteiger partial charge in [-0.15, -0.1) is 0 Å². The summed E-state index contributed by atoms with van der Waals surface area (Å²) in [6.07, 6.45) is 5.77. The molecule has 44 heavy (non-hydrogen) atoms. The zero-order chi connectivity index (χ0) is 31.3. The zero-order valence-corrected chi connectivity index (χ0v) is 26.9. The normalized spacial score (nSPS) is 40.8. The number of esters is 1. The summed E-state index contributed by atoms with van der Waals surface area (Å²) >= 11 is 0. The molecule has 0 radical (unpaired) electrons. The van der Waals surface area contributed by atoms with Crippen molar-refractivity contribution in [3.63, 3.8) is 0 Å². The maximum absolute atomic E-state index is 13.8. The predicted octanol–water partition coefficient (Wildman–Crippen LogP) is 9.01. The van der Waals surface area contributed by atoms with E-state index in [2.05, 4.69) is 20.8 Å². The number of rotatable bonds is 7. The van der Waals surface area contributed by atoms with Crippen LogP contribution in [0.4, 0.5) is 13.2 Å². The maximum atomic E-state index is 13.8. The van der Waals surface area contributed by atoms with Crippen LogP contribution < -0.4 is 0 Å². The van der Waals surface area contributed by atoms with Gasteiger partial charge in [0.05, 0.1) is 5.56 Å². The summed E-state index contributed by atoms with van der Waals surface area (Å²) in [6, 6.07) is 9.29. The van der Waals surface area contributed by atoms with E-state index in [1.54, 1.807) is 0 Å². The molecule has 0 aromatic heterocycles. The molecule has 5 fully saturated rings. The molecule has 246 valence electrons. The minimum Gasteiger partial charge on any atom is -0.458 e. The summed E-state index contributed by atoms with van der Waals surface area (Å²) in [6.45, 7) is 8.63. The number of hydrogen-bond donors (Lipinski definition) is 1. The second-order valence-electron chi connectivity index (χ2n) is 15.9. The molecule has 4 saturated carbocycles. The van der Waals surface area contributed by atoms with Gasteiger partial charge in [0.1, 0.15) is 6.10 Å². The standard InChI is InChI=1S/C37H53F3O4/c1-24(9-14-32(25-16-21-43-22-17-25)44-33(41)26-7-5-4-6-8-26)29-12-13-30-28-11-10-27-23-36(42,37(38,39)40)20-19-34(27,2)31(28)15-18-35(29,30)3/h4-8,24-25,27-32,42H,9-23H2,1-3H3/t24-,27+,28+,29-,30+,31+,32-,34+,35-,36+/m1/s1. The predicted molar refractivity (Wildman–Crippen MR) is 164 cm³/mol. The third-order valence-electron chi connectivity index (χ3n) is 14.0. The highest BCUT2D eigenvalue weighted by atomic mass is 19.4. The molecular weight excluding hydrogens is 565 g/mol. The second kappa shape index (κ2) is 12.2. The molecule has 0 bridgehead atoms. The van der Waals surface area contributed by atoms with Crippen LogP contribution in [0.2, 0.25) is 0 Å². The molecule has 10 atom stereocenters. The Morgan fingerprint density at radius 1 is 0.932 bits per heavy atom. The first kappa shape index (κ1) is 32.3. The van der Waals surface area contributed by atoms with Crippen LogP contribution in [-0.2, 0) is 9.47 Å². The molecule has 7 heteroatoms. The summed E-state index contributed by atoms with van der Waals surface area (Å²) in [4.78, 5) is 13.1. The van der Waals surface area contributed by atoms with Gasteiger partial charge < -0.3 is 14.6 Å². The molecule has 1 aromatic rings. The lowest BCUT2D eigenvalue weighted by atomic mass is 9.43. The van der Waals surface area contributed by atoms with E-state index in [4.69, 9.17) is 9.47 Å². The lowest BCUT2D eigenvalue weighted by Gasteiger charge is -2.62. The van der Waals surface area contributed by atoms with Gasteiger partial charge in [0, 0.05) is 19.1 Å². The number of carbonyl (C=O) groups excluding carboxylic acids is 1. The van der Waals surface area contributed by atoms with Crippen LogP contribution in [0.1, 0.15) is 115 Å². The first-order chi connectivity index (χ1) is 20.9. The molecule has 0 unspecified atom stereocenters. The molecule has 4 nitrogen and oxygen atoms in total. The van der Waals surface area contributed by atoms with Gasteiger partial charge in [0.2, 0.25) is 0 Å². The minimum absolute atomic E-state index is 0.0506. The molecular formula is C37H53F3O4.